The summed E-state index contributed by atoms with van der Waals surface area (Å²) in [7, 11) is -4.49. The van der Waals surface area contributed by atoms with Gasteiger partial charge in [0.2, 0.25) is 5.71 Å². The van der Waals surface area contributed by atoms with Crippen molar-refractivity contribution in [2.24, 2.45) is 5.92 Å². The van der Waals surface area contributed by atoms with Crippen molar-refractivity contribution in [1.29, 1.82) is 0 Å². The molecule has 613 valence electrons. The van der Waals surface area contributed by atoms with E-state index in [1.165, 1.54) is 43.0 Å². The van der Waals surface area contributed by atoms with Crippen LogP contribution in [0.25, 0.3) is 133 Å². The quantitative estimate of drug-likeness (QED) is 0.0861. The van der Waals surface area contributed by atoms with Gasteiger partial charge in [0.1, 0.15) is 19.2 Å². The molecular formula is C105H95Ir3N7O3Si3-6. The molecule has 0 saturated heterocycles. The van der Waals surface area contributed by atoms with Crippen molar-refractivity contribution < 1.29 is 73.6 Å². The van der Waals surface area contributed by atoms with E-state index in [0.29, 0.717) is 11.6 Å². The molecule has 9 aromatic carbocycles. The van der Waals surface area contributed by atoms with Crippen LogP contribution in [0, 0.1) is 70.0 Å². The van der Waals surface area contributed by atoms with E-state index >= 15 is 0 Å². The van der Waals surface area contributed by atoms with Crippen molar-refractivity contribution in [1.82, 2.24) is 34.9 Å². The zero-order valence-corrected chi connectivity index (χ0v) is 80.7. The number of para-hydroxylation sites is 2. The minimum Gasteiger partial charge on any atom is -0.500 e. The predicted octanol–water partition coefficient (Wildman–Crippen LogP) is 24.7. The van der Waals surface area contributed by atoms with Gasteiger partial charge in [0, 0.05) is 119 Å². The Kier molecular flexibility index (Phi) is 30.8. The molecular weight excluding hydrogens is 2070 g/mol. The molecule has 0 bridgehead atoms. The van der Waals surface area contributed by atoms with Gasteiger partial charge in [-0.2, -0.15) is 0 Å². The van der Waals surface area contributed by atoms with E-state index in [4.69, 9.17) is 23.2 Å². The zero-order valence-electron chi connectivity index (χ0n) is 70.5. The van der Waals surface area contributed by atoms with Crippen molar-refractivity contribution in [2.75, 3.05) is 0 Å². The van der Waals surface area contributed by atoms with Gasteiger partial charge in [-0.3, -0.25) is 0 Å². The maximum absolute atomic E-state index is 5.94. The fourth-order valence-electron chi connectivity index (χ4n) is 14.0. The summed E-state index contributed by atoms with van der Waals surface area (Å²) >= 11 is 0. The van der Waals surface area contributed by atoms with Crippen LogP contribution >= 0.6 is 0 Å². The summed E-state index contributed by atoms with van der Waals surface area (Å²) < 4.78 is 17.7. The smallest absolute Gasteiger partial charge is 0.216 e. The molecule has 0 aliphatic carbocycles. The Bertz CT molecular complexity index is 6520. The summed E-state index contributed by atoms with van der Waals surface area (Å²) in [4.78, 5) is 31.6. The second-order valence-electron chi connectivity index (χ2n) is 32.6. The Balaban J connectivity index is 0.000000145. The molecule has 121 heavy (non-hydrogen) atoms. The summed E-state index contributed by atoms with van der Waals surface area (Å²) in [6, 6.07) is 109. The van der Waals surface area contributed by atoms with Crippen molar-refractivity contribution in [3.8, 4) is 67.5 Å². The van der Waals surface area contributed by atoms with Gasteiger partial charge in [-0.25, -0.2) is 4.98 Å². The van der Waals surface area contributed by atoms with E-state index in [2.05, 4.69) is 269 Å². The second kappa shape index (κ2) is 41.1. The van der Waals surface area contributed by atoms with E-state index in [0.717, 1.165) is 140 Å². The van der Waals surface area contributed by atoms with Gasteiger partial charge in [-0.05, 0) is 132 Å². The molecule has 0 amide bonds. The number of hydrogen-bond acceptors (Lipinski definition) is 10. The van der Waals surface area contributed by atoms with Crippen LogP contribution in [0.1, 0.15) is 41.8 Å². The molecule has 0 saturated carbocycles. The largest absolute Gasteiger partial charge is 0.500 e. The summed E-state index contributed by atoms with van der Waals surface area (Å²) in [5.74, 6) is 0.625. The van der Waals surface area contributed by atoms with E-state index in [-0.39, 0.29) is 60.3 Å². The van der Waals surface area contributed by atoms with Crippen LogP contribution < -0.4 is 20.7 Å². The Morgan fingerprint density at radius 2 is 0.744 bits per heavy atom. The average Bonchev–Trinajstić information content (AvgIpc) is 1.64. The Hall–Kier alpha value is -11.0. The molecule has 10 nitrogen and oxygen atoms in total. The third-order valence-electron chi connectivity index (χ3n) is 20.6. The molecule has 0 spiro atoms. The van der Waals surface area contributed by atoms with Crippen LogP contribution in [0.3, 0.4) is 0 Å². The van der Waals surface area contributed by atoms with E-state index < -0.39 is 24.2 Å². The normalized spacial score (nSPS) is 11.1. The fourth-order valence-corrected chi connectivity index (χ4v) is 18.9. The monoisotopic (exact) mass is 2160 g/mol. The molecule has 0 unspecified atom stereocenters. The van der Waals surface area contributed by atoms with Crippen molar-refractivity contribution in [3.05, 3.63) is 368 Å². The van der Waals surface area contributed by atoms with Crippen LogP contribution in [0.2, 0.25) is 52.4 Å². The molecule has 19 aromatic rings. The van der Waals surface area contributed by atoms with Gasteiger partial charge in [-0.1, -0.05) is 226 Å². The molecule has 10 heterocycles. The SMILES string of the molecule is CC(C)Cc1cc(-c2[c-]cc3oc4ccccc4c3c2)ncc1[Si](C)(C)C.C[Si](C)(C)c1ccc(-c2[c-]cc3oc4ccccc4c3c2)nc1.Cc1ccc(-c2[c-]cccc2)nc1.Cc1ccc2c(n1)oc1c[c-]c(-c3ccc([Si](C)(C)c4ccccc4)cn3)cc12.Cc1ccnc(-c2[c-]cccc2)c1.Cc1ccnc(-c2[c-]cccc2)c1.[Ir].[Ir].[Ir]. The number of rotatable bonds is 12. The van der Waals surface area contributed by atoms with E-state index in [9.17, 15) is 0 Å². The fraction of sp³-hybridized carbons (Fsp3) is 0.152. The molecule has 0 aliphatic heterocycles. The third-order valence-corrected chi connectivity index (χ3v) is 28.2. The summed E-state index contributed by atoms with van der Waals surface area (Å²) in [5, 5.41) is 12.2. The predicted molar refractivity (Wildman–Crippen MR) is 497 cm³/mol. The molecule has 0 atom stereocenters. The van der Waals surface area contributed by atoms with Crippen LogP contribution in [0.4, 0.5) is 0 Å². The first-order valence-corrected chi connectivity index (χ1v) is 50.0. The van der Waals surface area contributed by atoms with Crippen molar-refractivity contribution >= 4 is 111 Å². The minimum absolute atomic E-state index is 0. The first-order valence-electron chi connectivity index (χ1n) is 40.0. The molecule has 0 aliphatic rings. The number of aryl methyl sites for hydroxylation is 4. The number of pyridine rings is 7. The van der Waals surface area contributed by atoms with Gasteiger partial charge in [0.15, 0.2) is 0 Å². The minimum atomic E-state index is -1.75. The number of furan rings is 3. The summed E-state index contributed by atoms with van der Waals surface area (Å²) in [5.41, 5.74) is 23.0. The molecule has 0 N–H and O–H groups in total. The molecule has 3 radical (unpaired) electrons. The third kappa shape index (κ3) is 22.8. The number of fused-ring (bicyclic) bond motifs is 9. The van der Waals surface area contributed by atoms with Crippen molar-refractivity contribution in [2.45, 2.75) is 100 Å². The molecule has 19 rings (SSSR count). The number of benzene rings is 9. The number of nitrogens with zero attached hydrogens (tertiary/aromatic N) is 7. The maximum Gasteiger partial charge on any atom is 0.216 e. The topological polar surface area (TPSA) is 130 Å². The molecule has 16 heteroatoms. The second-order valence-corrected chi connectivity index (χ2v) is 47.2. The zero-order chi connectivity index (χ0) is 82.5. The van der Waals surface area contributed by atoms with Gasteiger partial charge in [0.25, 0.3) is 0 Å². The van der Waals surface area contributed by atoms with Crippen LogP contribution in [0.5, 0.6) is 0 Å². The summed E-state index contributed by atoms with van der Waals surface area (Å²) in [6.07, 6.45) is 12.8. The van der Waals surface area contributed by atoms with Gasteiger partial charge in [0.05, 0.1) is 32.9 Å². The van der Waals surface area contributed by atoms with Gasteiger partial charge >= 0.3 is 0 Å². The van der Waals surface area contributed by atoms with Crippen LogP contribution in [-0.2, 0) is 66.7 Å². The van der Waals surface area contributed by atoms with Gasteiger partial charge in [-0.15, -0.1) is 179 Å². The maximum atomic E-state index is 5.94. The van der Waals surface area contributed by atoms with E-state index in [1.807, 2.05) is 190 Å². The molecule has 10 aromatic heterocycles. The van der Waals surface area contributed by atoms with Crippen LogP contribution in [-0.4, -0.2) is 59.1 Å². The average molecular weight is 2160 g/mol. The molecule has 0 fully saturated rings. The van der Waals surface area contributed by atoms with Crippen LogP contribution in [0.15, 0.2) is 317 Å². The first kappa shape index (κ1) is 90.8. The summed E-state index contributed by atoms with van der Waals surface area (Å²) in [6.45, 7) is 31.6. The Morgan fingerprint density at radius 3 is 1.20 bits per heavy atom. The first-order chi connectivity index (χ1) is 56.9. The van der Waals surface area contributed by atoms with Gasteiger partial charge < -0.3 is 43.2 Å². The Morgan fingerprint density at radius 1 is 0.314 bits per heavy atom. The standard InChI is InChI=1S/C25H21N2OSi.C24H26NOSi.C20H18NOSi.3C12H10N.3Ir/c1-17-9-12-21-22-15-18(10-14-24(22)28-25(21)27-17)23-13-11-20(16-26-23)29(2,3)19-7-5-4-6-8-19;1-16(2)12-18-14-21(25-15-24(18)27(3,4)5)17-10-11-23-20(13-17)19-8-6-7-9-22(19)26-23;1-23(2,3)15-9-10-18(21-13-15)14-8-11-20-17(12-14)16-6-4-5-7-19(16)22-20;2*1-10-7-8-13-12(9-10)11-5-3-2-4-6-11;1-10-7-8-12(13-9-10)11-5-3-2-4-6-11;;;/h4-9,11-16H,1-3H3;6-9,11,13-16H,12H2,1-5H3;4-7,9-13H,1-3H3;3*2-5,7-9H,1H3;;;/q6*-1;;;. The number of aromatic nitrogens is 7. The van der Waals surface area contributed by atoms with Crippen molar-refractivity contribution in [3.63, 3.8) is 0 Å². The Labute approximate surface area is 755 Å². The van der Waals surface area contributed by atoms with E-state index in [1.54, 1.807) is 0 Å². The number of hydrogen-bond donors (Lipinski definition) is 0.